The van der Waals surface area contributed by atoms with Crippen molar-refractivity contribution in [2.75, 3.05) is 33.3 Å². The van der Waals surface area contributed by atoms with Crippen molar-refractivity contribution < 1.29 is 24.3 Å². The number of benzene rings is 2. The van der Waals surface area contributed by atoms with E-state index in [1.807, 2.05) is 18.2 Å². The van der Waals surface area contributed by atoms with Gasteiger partial charge in [-0.15, -0.1) is 0 Å². The van der Waals surface area contributed by atoms with Crippen LogP contribution in [0.3, 0.4) is 0 Å². The van der Waals surface area contributed by atoms with E-state index in [1.165, 1.54) is 4.90 Å². The molecule has 2 N–H and O–H groups in total. The lowest BCUT2D eigenvalue weighted by Crippen LogP contribution is -3.12. The molecule has 1 atom stereocenters. The van der Waals surface area contributed by atoms with Crippen molar-refractivity contribution in [1.82, 2.24) is 4.90 Å². The fourth-order valence-electron chi connectivity index (χ4n) is 3.88. The number of rotatable bonds is 8. The highest BCUT2D eigenvalue weighted by Gasteiger charge is 2.46. The number of hydrogen-bond donors (Lipinski definition) is 2. The first-order valence-electron chi connectivity index (χ1n) is 10.3. The third-order valence-electron chi connectivity index (χ3n) is 5.72. The van der Waals surface area contributed by atoms with E-state index in [-0.39, 0.29) is 11.3 Å². The second-order valence-corrected chi connectivity index (χ2v) is 7.34. The molecule has 1 heterocycles. The van der Waals surface area contributed by atoms with Crippen molar-refractivity contribution in [3.63, 3.8) is 0 Å². The van der Waals surface area contributed by atoms with Crippen LogP contribution >= 0.6 is 0 Å². The maximum Gasteiger partial charge on any atom is 0.295 e. The Morgan fingerprint density at radius 1 is 1.03 bits per heavy atom. The van der Waals surface area contributed by atoms with E-state index in [9.17, 15) is 14.7 Å². The number of hydrogen-bond acceptors (Lipinski definition) is 4. The Labute approximate surface area is 177 Å². The Bertz CT molecular complexity index is 918. The standard InChI is InChI=1S/C24H28N2O4/c1-4-25(5-2)15-16-26-21(17-11-13-19(30-3)14-12-17)20(23(28)24(26)29)22(27)18-9-7-6-8-10-18/h6-14,21,27H,4-5,15-16H2,1-3H3/p+1/t21-/m1/s1. The molecule has 0 aromatic heterocycles. The summed E-state index contributed by atoms with van der Waals surface area (Å²) in [6.07, 6.45) is 0. The number of carbonyl (C=O) groups excluding carboxylic acids is 2. The van der Waals surface area contributed by atoms with Crippen LogP contribution in [0, 0.1) is 0 Å². The Balaban J connectivity index is 2.07. The normalized spacial score (nSPS) is 18.3. The highest BCUT2D eigenvalue weighted by molar-refractivity contribution is 6.46. The topological polar surface area (TPSA) is 71.3 Å². The summed E-state index contributed by atoms with van der Waals surface area (Å²) in [6.45, 7) is 7.25. The van der Waals surface area contributed by atoms with Gasteiger partial charge in [0.25, 0.3) is 11.7 Å². The lowest BCUT2D eigenvalue weighted by Gasteiger charge is -2.27. The molecule has 1 aliphatic rings. The van der Waals surface area contributed by atoms with E-state index in [0.717, 1.165) is 25.2 Å². The van der Waals surface area contributed by atoms with Crippen LogP contribution in [0.1, 0.15) is 31.0 Å². The van der Waals surface area contributed by atoms with Crippen LogP contribution < -0.4 is 9.64 Å². The average molecular weight is 410 g/mol. The van der Waals surface area contributed by atoms with Crippen LogP contribution in [-0.4, -0.2) is 55.0 Å². The fraction of sp³-hybridized carbons (Fsp3) is 0.333. The third-order valence-corrected chi connectivity index (χ3v) is 5.72. The van der Waals surface area contributed by atoms with E-state index in [1.54, 1.807) is 48.4 Å². The second kappa shape index (κ2) is 9.59. The maximum absolute atomic E-state index is 13.0. The zero-order valence-corrected chi connectivity index (χ0v) is 17.7. The van der Waals surface area contributed by atoms with E-state index in [4.69, 9.17) is 4.74 Å². The molecule has 1 fully saturated rings. The van der Waals surface area contributed by atoms with Gasteiger partial charge in [0, 0.05) is 5.56 Å². The van der Waals surface area contributed by atoms with Gasteiger partial charge in [0.1, 0.15) is 11.5 Å². The molecule has 158 valence electrons. The average Bonchev–Trinajstić information content (AvgIpc) is 3.04. The maximum atomic E-state index is 13.0. The molecule has 0 aliphatic carbocycles. The van der Waals surface area contributed by atoms with Crippen molar-refractivity contribution in [2.45, 2.75) is 19.9 Å². The number of nitrogens with zero attached hydrogens (tertiary/aromatic N) is 1. The molecule has 0 bridgehead atoms. The third kappa shape index (κ3) is 4.24. The smallest absolute Gasteiger partial charge is 0.295 e. The second-order valence-electron chi connectivity index (χ2n) is 7.34. The van der Waals surface area contributed by atoms with Gasteiger partial charge in [0.05, 0.1) is 44.9 Å². The highest BCUT2D eigenvalue weighted by atomic mass is 16.5. The molecular formula is C24H29N2O4+. The van der Waals surface area contributed by atoms with Gasteiger partial charge in [-0.05, 0) is 31.5 Å². The van der Waals surface area contributed by atoms with Gasteiger partial charge in [-0.2, -0.15) is 0 Å². The number of ether oxygens (including phenoxy) is 1. The summed E-state index contributed by atoms with van der Waals surface area (Å²) in [5.41, 5.74) is 1.41. The number of quaternary nitrogens is 1. The Morgan fingerprint density at radius 3 is 2.23 bits per heavy atom. The van der Waals surface area contributed by atoms with Crippen molar-refractivity contribution in [3.05, 3.63) is 71.3 Å². The molecule has 0 saturated carbocycles. The van der Waals surface area contributed by atoms with Crippen molar-refractivity contribution in [3.8, 4) is 5.75 Å². The van der Waals surface area contributed by atoms with E-state index in [2.05, 4.69) is 13.8 Å². The zero-order chi connectivity index (χ0) is 21.7. The number of ketones is 1. The molecule has 0 radical (unpaired) electrons. The minimum atomic E-state index is -0.647. The lowest BCUT2D eigenvalue weighted by molar-refractivity contribution is -0.895. The minimum absolute atomic E-state index is 0.130. The Kier molecular flexibility index (Phi) is 6.90. The van der Waals surface area contributed by atoms with E-state index >= 15 is 0 Å². The van der Waals surface area contributed by atoms with Crippen molar-refractivity contribution >= 4 is 17.4 Å². The summed E-state index contributed by atoms with van der Waals surface area (Å²) in [7, 11) is 1.59. The molecule has 3 rings (SSSR count). The first-order chi connectivity index (χ1) is 14.5. The van der Waals surface area contributed by atoms with Crippen LogP contribution in [-0.2, 0) is 9.59 Å². The quantitative estimate of drug-likeness (QED) is 0.398. The fourth-order valence-corrected chi connectivity index (χ4v) is 3.88. The van der Waals surface area contributed by atoms with Crippen LogP contribution in [0.2, 0.25) is 0 Å². The summed E-state index contributed by atoms with van der Waals surface area (Å²) in [5.74, 6) is -0.676. The monoisotopic (exact) mass is 409 g/mol. The van der Waals surface area contributed by atoms with Crippen LogP contribution in [0.25, 0.3) is 5.76 Å². The molecule has 6 nitrogen and oxygen atoms in total. The molecule has 6 heteroatoms. The van der Waals surface area contributed by atoms with Crippen LogP contribution in [0.4, 0.5) is 0 Å². The van der Waals surface area contributed by atoms with Crippen LogP contribution in [0.5, 0.6) is 5.75 Å². The van der Waals surface area contributed by atoms with Crippen LogP contribution in [0.15, 0.2) is 60.2 Å². The van der Waals surface area contributed by atoms with Gasteiger partial charge < -0.3 is 19.6 Å². The lowest BCUT2D eigenvalue weighted by atomic mass is 9.95. The number of nitrogens with one attached hydrogen (secondary N) is 1. The zero-order valence-electron chi connectivity index (χ0n) is 17.7. The molecule has 0 unspecified atom stereocenters. The Morgan fingerprint density at radius 2 is 1.67 bits per heavy atom. The molecule has 2 aromatic carbocycles. The summed E-state index contributed by atoms with van der Waals surface area (Å²) >= 11 is 0. The molecule has 30 heavy (non-hydrogen) atoms. The summed E-state index contributed by atoms with van der Waals surface area (Å²) in [5, 5.41) is 11.0. The van der Waals surface area contributed by atoms with Gasteiger partial charge in [0.15, 0.2) is 0 Å². The first-order valence-corrected chi connectivity index (χ1v) is 10.3. The number of aliphatic hydroxyl groups is 1. The summed E-state index contributed by atoms with van der Waals surface area (Å²) < 4.78 is 5.24. The number of Topliss-reactive ketones (excluding diaryl/α,β-unsaturated/α-hetero) is 1. The van der Waals surface area contributed by atoms with Gasteiger partial charge in [-0.3, -0.25) is 9.59 Å². The number of likely N-dealkylation sites (tertiary alicyclic amines) is 1. The number of amides is 1. The molecular weight excluding hydrogens is 380 g/mol. The largest absolute Gasteiger partial charge is 0.507 e. The first kappa shape index (κ1) is 21.6. The van der Waals surface area contributed by atoms with Gasteiger partial charge in [-0.1, -0.05) is 42.5 Å². The molecule has 1 amide bonds. The minimum Gasteiger partial charge on any atom is -0.507 e. The number of methoxy groups -OCH3 is 1. The summed E-state index contributed by atoms with van der Waals surface area (Å²) in [4.78, 5) is 28.9. The van der Waals surface area contributed by atoms with Gasteiger partial charge in [-0.25, -0.2) is 0 Å². The SMILES string of the molecule is CC[NH+](CC)CCN1C(=O)C(=O)C(=C(O)c2ccccc2)[C@H]1c1ccc(OC)cc1. The molecule has 2 aromatic rings. The number of carbonyl (C=O) groups is 2. The predicted octanol–water partition coefficient (Wildman–Crippen LogP) is 2.04. The molecule has 0 spiro atoms. The highest BCUT2D eigenvalue weighted by Crippen LogP contribution is 2.39. The Hall–Kier alpha value is -3.12. The number of aliphatic hydroxyl groups excluding tert-OH is 1. The summed E-state index contributed by atoms with van der Waals surface area (Å²) in [6, 6.07) is 15.5. The van der Waals surface area contributed by atoms with Gasteiger partial charge >= 0.3 is 0 Å². The van der Waals surface area contributed by atoms with E-state index < -0.39 is 17.7 Å². The molecule has 1 aliphatic heterocycles. The molecule has 1 saturated heterocycles. The van der Waals surface area contributed by atoms with Crippen molar-refractivity contribution in [2.24, 2.45) is 0 Å². The van der Waals surface area contributed by atoms with E-state index in [0.29, 0.717) is 17.9 Å². The predicted molar refractivity (Wildman–Crippen MR) is 115 cm³/mol. The number of likely N-dealkylation sites (N-methyl/N-ethyl adjacent to an activating group) is 1. The van der Waals surface area contributed by atoms with Gasteiger partial charge in [0.2, 0.25) is 0 Å². The van der Waals surface area contributed by atoms with Crippen molar-refractivity contribution in [1.29, 1.82) is 0 Å².